The molecule has 3 heterocycles. The topological polar surface area (TPSA) is 31.4 Å². The lowest BCUT2D eigenvalue weighted by molar-refractivity contribution is -0.116. The number of hydrogen-bond acceptors (Lipinski definition) is 4. The van der Waals surface area contributed by atoms with Gasteiger partial charge >= 0.3 is 0 Å². The highest BCUT2D eigenvalue weighted by molar-refractivity contribution is 9.08. The Labute approximate surface area is 133 Å². The zero-order valence-electron chi connectivity index (χ0n) is 11.5. The van der Waals surface area contributed by atoms with E-state index in [-0.39, 0.29) is 11.7 Å². The lowest BCUT2D eigenvalue weighted by Crippen LogP contribution is -2.46. The molecule has 0 aliphatic carbocycles. The normalized spacial score (nSPS) is 25.6. The summed E-state index contributed by atoms with van der Waals surface area (Å²) in [6, 6.07) is 4.03. The van der Waals surface area contributed by atoms with E-state index in [0.29, 0.717) is 0 Å². The molecule has 3 nitrogen and oxygen atoms in total. The summed E-state index contributed by atoms with van der Waals surface area (Å²) in [6.07, 6.45) is 6.43. The van der Waals surface area contributed by atoms with Crippen molar-refractivity contribution in [1.29, 1.82) is 0 Å². The Morgan fingerprint density at radius 3 is 2.95 bits per heavy atom. The predicted octanol–water partition coefficient (Wildman–Crippen LogP) is 3.80. The Hall–Kier alpha value is -0.260. The van der Waals surface area contributed by atoms with Crippen molar-refractivity contribution in [2.75, 3.05) is 18.1 Å². The highest BCUT2D eigenvalue weighted by atomic mass is 79.9. The molecule has 0 amide bonds. The van der Waals surface area contributed by atoms with Crippen LogP contribution in [0.4, 0.5) is 0 Å². The van der Waals surface area contributed by atoms with Crippen molar-refractivity contribution in [2.24, 2.45) is 0 Å². The van der Waals surface area contributed by atoms with E-state index in [0.717, 1.165) is 49.1 Å². The SMILES string of the molecule is BrCc1ccc(OC2CCOC3(CCSCC3)C2)cn1. The van der Waals surface area contributed by atoms with E-state index in [1.807, 2.05) is 30.1 Å². The summed E-state index contributed by atoms with van der Waals surface area (Å²) in [7, 11) is 0. The van der Waals surface area contributed by atoms with E-state index in [9.17, 15) is 0 Å². The number of alkyl halides is 1. The van der Waals surface area contributed by atoms with Crippen molar-refractivity contribution in [3.63, 3.8) is 0 Å². The van der Waals surface area contributed by atoms with Gasteiger partial charge in [0.05, 0.1) is 24.1 Å². The average molecular weight is 358 g/mol. The third kappa shape index (κ3) is 3.49. The average Bonchev–Trinajstić information content (AvgIpc) is 2.49. The van der Waals surface area contributed by atoms with Crippen LogP contribution in [0.3, 0.4) is 0 Å². The Morgan fingerprint density at radius 2 is 2.25 bits per heavy atom. The number of hydrogen-bond donors (Lipinski definition) is 0. The van der Waals surface area contributed by atoms with Crippen molar-refractivity contribution < 1.29 is 9.47 Å². The van der Waals surface area contributed by atoms with Crippen LogP contribution in [0.2, 0.25) is 0 Å². The van der Waals surface area contributed by atoms with Gasteiger partial charge in [-0.2, -0.15) is 11.8 Å². The van der Waals surface area contributed by atoms with Crippen LogP contribution in [0, 0.1) is 0 Å². The van der Waals surface area contributed by atoms with Gasteiger partial charge in [-0.1, -0.05) is 15.9 Å². The van der Waals surface area contributed by atoms with Gasteiger partial charge in [0.1, 0.15) is 11.9 Å². The molecule has 1 aromatic heterocycles. The van der Waals surface area contributed by atoms with E-state index in [1.54, 1.807) is 0 Å². The van der Waals surface area contributed by atoms with Crippen LogP contribution < -0.4 is 4.74 Å². The number of aromatic nitrogens is 1. The first-order chi connectivity index (χ1) is 9.80. The first-order valence-corrected chi connectivity index (χ1v) is 9.47. The number of ether oxygens (including phenoxy) is 2. The maximum Gasteiger partial charge on any atom is 0.138 e. The van der Waals surface area contributed by atoms with Crippen molar-refractivity contribution in [3.8, 4) is 5.75 Å². The molecule has 0 aromatic carbocycles. The molecular formula is C15H20BrNO2S. The molecule has 110 valence electrons. The van der Waals surface area contributed by atoms with Gasteiger partial charge < -0.3 is 9.47 Å². The summed E-state index contributed by atoms with van der Waals surface area (Å²) >= 11 is 5.44. The molecule has 2 fully saturated rings. The van der Waals surface area contributed by atoms with E-state index in [2.05, 4.69) is 20.9 Å². The quantitative estimate of drug-likeness (QED) is 0.770. The second-order valence-electron chi connectivity index (χ2n) is 5.50. The molecule has 20 heavy (non-hydrogen) atoms. The Bertz CT molecular complexity index is 428. The van der Waals surface area contributed by atoms with Crippen molar-refractivity contribution >= 4 is 27.7 Å². The first kappa shape index (κ1) is 14.7. The van der Waals surface area contributed by atoms with Crippen LogP contribution >= 0.6 is 27.7 Å². The maximum absolute atomic E-state index is 6.12. The van der Waals surface area contributed by atoms with E-state index < -0.39 is 0 Å². The highest BCUT2D eigenvalue weighted by Crippen LogP contribution is 2.38. The monoisotopic (exact) mass is 357 g/mol. The molecule has 0 radical (unpaired) electrons. The fourth-order valence-electron chi connectivity index (χ4n) is 2.93. The molecule has 2 aliphatic heterocycles. The zero-order valence-corrected chi connectivity index (χ0v) is 13.9. The fourth-order valence-corrected chi connectivity index (χ4v) is 4.50. The van der Waals surface area contributed by atoms with Crippen molar-refractivity contribution in [1.82, 2.24) is 4.98 Å². The molecular weight excluding hydrogens is 338 g/mol. The van der Waals surface area contributed by atoms with Crippen LogP contribution in [0.1, 0.15) is 31.4 Å². The minimum absolute atomic E-state index is 0.0807. The lowest BCUT2D eigenvalue weighted by atomic mass is 9.86. The molecule has 2 aliphatic rings. The van der Waals surface area contributed by atoms with Gasteiger partial charge in [0.25, 0.3) is 0 Å². The van der Waals surface area contributed by atoms with E-state index >= 15 is 0 Å². The minimum Gasteiger partial charge on any atom is -0.489 e. The molecule has 3 rings (SSSR count). The van der Waals surface area contributed by atoms with E-state index in [4.69, 9.17) is 9.47 Å². The number of rotatable bonds is 3. The van der Waals surface area contributed by atoms with Gasteiger partial charge in [-0.05, 0) is 36.5 Å². The number of halogens is 1. The molecule has 5 heteroatoms. The number of nitrogens with zero attached hydrogens (tertiary/aromatic N) is 1. The van der Waals surface area contributed by atoms with Crippen molar-refractivity contribution in [2.45, 2.75) is 42.7 Å². The summed E-state index contributed by atoms with van der Waals surface area (Å²) in [5.41, 5.74) is 1.11. The Balaban J connectivity index is 1.61. The van der Waals surface area contributed by atoms with Gasteiger partial charge in [-0.15, -0.1) is 0 Å². The van der Waals surface area contributed by atoms with Gasteiger partial charge in [0.15, 0.2) is 0 Å². The maximum atomic E-state index is 6.12. The van der Waals surface area contributed by atoms with Crippen molar-refractivity contribution in [3.05, 3.63) is 24.0 Å². The largest absolute Gasteiger partial charge is 0.489 e. The summed E-state index contributed by atoms with van der Waals surface area (Å²) in [5.74, 6) is 3.31. The van der Waals surface area contributed by atoms with Gasteiger partial charge in [0, 0.05) is 18.2 Å². The van der Waals surface area contributed by atoms with Crippen LogP contribution in [0.15, 0.2) is 18.3 Å². The third-order valence-corrected chi connectivity index (χ3v) is 5.65. The molecule has 2 saturated heterocycles. The highest BCUT2D eigenvalue weighted by Gasteiger charge is 2.39. The molecule has 1 aromatic rings. The van der Waals surface area contributed by atoms with Gasteiger partial charge in [-0.25, -0.2) is 0 Å². The smallest absolute Gasteiger partial charge is 0.138 e. The summed E-state index contributed by atoms with van der Waals surface area (Å²) in [6.45, 7) is 0.822. The summed E-state index contributed by atoms with van der Waals surface area (Å²) in [5, 5.41) is 0.783. The Morgan fingerprint density at radius 1 is 1.40 bits per heavy atom. The Kier molecular flexibility index (Phi) is 4.89. The van der Waals surface area contributed by atoms with Crippen LogP contribution in [0.5, 0.6) is 5.75 Å². The van der Waals surface area contributed by atoms with Gasteiger partial charge in [-0.3, -0.25) is 4.98 Å². The third-order valence-electron chi connectivity index (χ3n) is 4.09. The molecule has 1 atom stereocenters. The fraction of sp³-hybridized carbons (Fsp3) is 0.667. The minimum atomic E-state index is 0.0807. The van der Waals surface area contributed by atoms with Crippen LogP contribution in [-0.4, -0.2) is 34.8 Å². The zero-order chi connectivity index (χ0) is 13.8. The molecule has 1 unspecified atom stereocenters. The van der Waals surface area contributed by atoms with Gasteiger partial charge in [0.2, 0.25) is 0 Å². The predicted molar refractivity (Wildman–Crippen MR) is 85.8 cm³/mol. The van der Waals surface area contributed by atoms with Crippen LogP contribution in [-0.2, 0) is 10.1 Å². The summed E-state index contributed by atoms with van der Waals surface area (Å²) in [4.78, 5) is 4.36. The summed E-state index contributed by atoms with van der Waals surface area (Å²) < 4.78 is 12.2. The molecule has 0 bridgehead atoms. The second kappa shape index (κ2) is 6.67. The lowest BCUT2D eigenvalue weighted by Gasteiger charge is -2.43. The first-order valence-electron chi connectivity index (χ1n) is 7.19. The molecule has 0 saturated carbocycles. The van der Waals surface area contributed by atoms with Crippen LogP contribution in [0.25, 0.3) is 0 Å². The second-order valence-corrected chi connectivity index (χ2v) is 7.28. The number of pyridine rings is 1. The number of thioether (sulfide) groups is 1. The standard InChI is InChI=1S/C15H20BrNO2S/c16-10-12-1-2-14(11-17-12)19-13-3-6-18-15(9-13)4-7-20-8-5-15/h1-2,11,13H,3-10H2. The van der Waals surface area contributed by atoms with E-state index in [1.165, 1.54) is 11.5 Å². The molecule has 0 N–H and O–H groups in total. The molecule has 1 spiro atoms.